The Bertz CT molecular complexity index is 574. The number of nitrogens with zero attached hydrogens (tertiary/aromatic N) is 1. The van der Waals surface area contributed by atoms with Crippen LogP contribution < -0.4 is 5.32 Å². The molecule has 0 saturated heterocycles. The molecule has 1 saturated carbocycles. The van der Waals surface area contributed by atoms with Crippen LogP contribution in [0.15, 0.2) is 29.8 Å². The van der Waals surface area contributed by atoms with Gasteiger partial charge in [-0.25, -0.2) is 0 Å². The van der Waals surface area contributed by atoms with Crippen LogP contribution >= 0.6 is 11.3 Å². The average Bonchev–Trinajstić information content (AvgIpc) is 2.91. The van der Waals surface area contributed by atoms with Crippen LogP contribution in [-0.2, 0) is 16.8 Å². The average molecular weight is 275 g/mol. The van der Waals surface area contributed by atoms with Gasteiger partial charge in [0.05, 0.1) is 17.7 Å². The van der Waals surface area contributed by atoms with Crippen molar-refractivity contribution in [1.82, 2.24) is 15.5 Å². The van der Waals surface area contributed by atoms with Gasteiger partial charge in [0.1, 0.15) is 0 Å². The molecule has 5 heteroatoms. The Labute approximate surface area is 116 Å². The van der Waals surface area contributed by atoms with Crippen molar-refractivity contribution in [3.63, 3.8) is 0 Å². The molecular formula is C14H17N3OS. The SMILES string of the molecule is CC1(C)CC1(C(=O)NCc1ccn[nH]1)c1cccs1. The van der Waals surface area contributed by atoms with E-state index in [9.17, 15) is 4.79 Å². The highest BCUT2D eigenvalue weighted by Crippen LogP contribution is 2.65. The van der Waals surface area contributed by atoms with Crippen molar-refractivity contribution < 1.29 is 4.79 Å². The Hall–Kier alpha value is -1.62. The first-order valence-corrected chi connectivity index (χ1v) is 7.25. The van der Waals surface area contributed by atoms with Gasteiger partial charge in [0.25, 0.3) is 0 Å². The summed E-state index contributed by atoms with van der Waals surface area (Å²) in [6.07, 6.45) is 2.60. The minimum Gasteiger partial charge on any atom is -0.350 e. The first-order chi connectivity index (χ1) is 9.06. The fourth-order valence-corrected chi connectivity index (χ4v) is 3.87. The predicted octanol–water partition coefficient (Wildman–Crippen LogP) is 2.46. The van der Waals surface area contributed by atoms with E-state index in [0.29, 0.717) is 6.54 Å². The van der Waals surface area contributed by atoms with Gasteiger partial charge in [-0.3, -0.25) is 9.89 Å². The first kappa shape index (κ1) is 12.4. The quantitative estimate of drug-likeness (QED) is 0.900. The number of hydrogen-bond acceptors (Lipinski definition) is 3. The topological polar surface area (TPSA) is 57.8 Å². The highest BCUT2D eigenvalue weighted by Gasteiger charge is 2.67. The fourth-order valence-electron chi connectivity index (χ4n) is 2.77. The minimum absolute atomic E-state index is 0.0376. The van der Waals surface area contributed by atoms with Crippen molar-refractivity contribution >= 4 is 17.2 Å². The van der Waals surface area contributed by atoms with Gasteiger partial charge in [0.15, 0.2) is 0 Å². The van der Waals surface area contributed by atoms with Gasteiger partial charge in [0, 0.05) is 11.1 Å². The number of H-pyrrole nitrogens is 1. The van der Waals surface area contributed by atoms with Crippen molar-refractivity contribution in [2.45, 2.75) is 32.2 Å². The highest BCUT2D eigenvalue weighted by molar-refractivity contribution is 7.10. The van der Waals surface area contributed by atoms with Crippen molar-refractivity contribution in [2.75, 3.05) is 0 Å². The summed E-state index contributed by atoms with van der Waals surface area (Å²) in [5.74, 6) is 0.120. The maximum atomic E-state index is 12.6. The standard InChI is InChI=1S/C14H17N3OS/c1-13(2)9-14(13,11-4-3-7-19-11)12(18)15-8-10-5-6-16-17-10/h3-7H,8-9H2,1-2H3,(H,15,18)(H,16,17). The summed E-state index contributed by atoms with van der Waals surface area (Å²) in [6, 6.07) is 5.95. The zero-order valence-electron chi connectivity index (χ0n) is 11.1. The molecule has 2 N–H and O–H groups in total. The summed E-state index contributed by atoms with van der Waals surface area (Å²) in [6.45, 7) is 4.81. The van der Waals surface area contributed by atoms with E-state index >= 15 is 0 Å². The number of amides is 1. The number of thiophene rings is 1. The van der Waals surface area contributed by atoms with Crippen LogP contribution in [0.5, 0.6) is 0 Å². The van der Waals surface area contributed by atoms with E-state index in [1.54, 1.807) is 17.5 Å². The number of carbonyl (C=O) groups is 1. The molecule has 1 unspecified atom stereocenters. The number of hydrogen-bond donors (Lipinski definition) is 2. The van der Waals surface area contributed by atoms with Crippen LogP contribution in [0.4, 0.5) is 0 Å². The zero-order valence-corrected chi connectivity index (χ0v) is 11.9. The molecule has 2 heterocycles. The molecule has 2 aromatic rings. The Morgan fingerprint density at radius 1 is 1.53 bits per heavy atom. The van der Waals surface area contributed by atoms with Crippen LogP contribution in [0.1, 0.15) is 30.8 Å². The Balaban J connectivity index is 1.77. The molecular weight excluding hydrogens is 258 g/mol. The van der Waals surface area contributed by atoms with Crippen molar-refractivity contribution in [2.24, 2.45) is 5.41 Å². The molecule has 1 amide bonds. The molecule has 2 aromatic heterocycles. The predicted molar refractivity (Wildman–Crippen MR) is 74.8 cm³/mol. The number of carbonyl (C=O) groups excluding carboxylic acids is 1. The first-order valence-electron chi connectivity index (χ1n) is 6.37. The molecule has 3 rings (SSSR count). The summed E-state index contributed by atoms with van der Waals surface area (Å²) >= 11 is 1.67. The van der Waals surface area contributed by atoms with Gasteiger partial charge < -0.3 is 5.32 Å². The summed E-state index contributed by atoms with van der Waals surface area (Å²) in [5, 5.41) is 11.8. The number of rotatable bonds is 4. The van der Waals surface area contributed by atoms with Gasteiger partial charge in [-0.15, -0.1) is 11.3 Å². The molecule has 1 fully saturated rings. The van der Waals surface area contributed by atoms with E-state index < -0.39 is 0 Å². The van der Waals surface area contributed by atoms with E-state index in [1.165, 1.54) is 4.88 Å². The number of aromatic nitrogens is 2. The minimum atomic E-state index is -0.346. The lowest BCUT2D eigenvalue weighted by Gasteiger charge is -2.18. The summed E-state index contributed by atoms with van der Waals surface area (Å²) in [5.41, 5.74) is 0.616. The molecule has 0 spiro atoms. The molecule has 0 radical (unpaired) electrons. The van der Waals surface area contributed by atoms with Crippen molar-refractivity contribution in [3.05, 3.63) is 40.3 Å². The second-order valence-electron chi connectivity index (χ2n) is 5.71. The summed E-state index contributed by atoms with van der Waals surface area (Å²) in [7, 11) is 0. The maximum absolute atomic E-state index is 12.6. The van der Waals surface area contributed by atoms with Gasteiger partial charge >= 0.3 is 0 Å². The summed E-state index contributed by atoms with van der Waals surface area (Å²) in [4.78, 5) is 13.8. The van der Waals surface area contributed by atoms with Gasteiger partial charge in [-0.1, -0.05) is 19.9 Å². The molecule has 1 aliphatic rings. The largest absolute Gasteiger partial charge is 0.350 e. The highest BCUT2D eigenvalue weighted by atomic mass is 32.1. The third-order valence-electron chi connectivity index (χ3n) is 4.06. The van der Waals surface area contributed by atoms with Crippen LogP contribution in [0, 0.1) is 5.41 Å². The Morgan fingerprint density at radius 2 is 2.32 bits per heavy atom. The van der Waals surface area contributed by atoms with Crippen LogP contribution in [-0.4, -0.2) is 16.1 Å². The van der Waals surface area contributed by atoms with Crippen molar-refractivity contribution in [3.8, 4) is 0 Å². The molecule has 19 heavy (non-hydrogen) atoms. The van der Waals surface area contributed by atoms with E-state index in [4.69, 9.17) is 0 Å². The third kappa shape index (κ3) is 1.89. The monoisotopic (exact) mass is 275 g/mol. The van der Waals surface area contributed by atoms with Gasteiger partial charge in [-0.2, -0.15) is 5.10 Å². The van der Waals surface area contributed by atoms with Crippen LogP contribution in [0.2, 0.25) is 0 Å². The molecule has 1 aliphatic carbocycles. The van der Waals surface area contributed by atoms with E-state index in [0.717, 1.165) is 12.1 Å². The van der Waals surface area contributed by atoms with E-state index in [-0.39, 0.29) is 16.7 Å². The van der Waals surface area contributed by atoms with E-state index in [2.05, 4.69) is 35.4 Å². The van der Waals surface area contributed by atoms with Crippen molar-refractivity contribution in [1.29, 1.82) is 0 Å². The second kappa shape index (κ2) is 4.20. The normalized spacial score (nSPS) is 24.1. The molecule has 0 aromatic carbocycles. The summed E-state index contributed by atoms with van der Waals surface area (Å²) < 4.78 is 0. The van der Waals surface area contributed by atoms with Crippen LogP contribution in [0.25, 0.3) is 0 Å². The van der Waals surface area contributed by atoms with Crippen LogP contribution in [0.3, 0.4) is 0 Å². The third-order valence-corrected chi connectivity index (χ3v) is 5.10. The molecule has 100 valence electrons. The molecule has 0 bridgehead atoms. The number of nitrogens with one attached hydrogen (secondary N) is 2. The molecule has 1 atom stereocenters. The lowest BCUT2D eigenvalue weighted by atomic mass is 9.93. The fraction of sp³-hybridized carbons (Fsp3) is 0.429. The smallest absolute Gasteiger partial charge is 0.232 e. The second-order valence-corrected chi connectivity index (χ2v) is 6.66. The van der Waals surface area contributed by atoms with Gasteiger partial charge in [-0.05, 0) is 29.3 Å². The molecule has 4 nitrogen and oxygen atoms in total. The zero-order chi connectivity index (χ0) is 13.5. The Morgan fingerprint density at radius 3 is 2.84 bits per heavy atom. The molecule has 0 aliphatic heterocycles. The number of aromatic amines is 1. The lowest BCUT2D eigenvalue weighted by molar-refractivity contribution is -0.124. The lowest BCUT2D eigenvalue weighted by Crippen LogP contribution is -2.37. The van der Waals surface area contributed by atoms with Gasteiger partial charge in [0.2, 0.25) is 5.91 Å². The maximum Gasteiger partial charge on any atom is 0.232 e. The van der Waals surface area contributed by atoms with E-state index in [1.807, 2.05) is 17.5 Å². The Kier molecular flexibility index (Phi) is 2.74.